The van der Waals surface area contributed by atoms with Crippen molar-refractivity contribution in [3.8, 4) is 11.5 Å². The van der Waals surface area contributed by atoms with E-state index in [1.165, 1.54) is 30.3 Å². The number of Topliss-reactive ketones (excluding diaryl/α,β-unsaturated/α-hetero) is 1. The number of rotatable bonds is 6. The van der Waals surface area contributed by atoms with Crippen LogP contribution in [-0.2, 0) is 10.0 Å². The highest BCUT2D eigenvalue weighted by molar-refractivity contribution is 7.90. The van der Waals surface area contributed by atoms with Crippen LogP contribution in [0.2, 0.25) is 0 Å². The van der Waals surface area contributed by atoms with Gasteiger partial charge in [-0.1, -0.05) is 24.3 Å². The molecule has 0 spiro atoms. The van der Waals surface area contributed by atoms with Crippen molar-refractivity contribution in [3.63, 3.8) is 0 Å². The van der Waals surface area contributed by atoms with E-state index < -0.39 is 10.0 Å². The molecule has 162 valence electrons. The highest BCUT2D eigenvalue weighted by Gasteiger charge is 2.26. The van der Waals surface area contributed by atoms with Crippen LogP contribution in [0.5, 0.6) is 11.5 Å². The van der Waals surface area contributed by atoms with Crippen molar-refractivity contribution in [2.45, 2.75) is 11.8 Å². The number of ketones is 1. The summed E-state index contributed by atoms with van der Waals surface area (Å²) in [6.45, 7) is 2.31. The Morgan fingerprint density at radius 3 is 2.25 bits per heavy atom. The predicted octanol–water partition coefficient (Wildman–Crippen LogP) is 4.16. The molecule has 0 atom stereocenters. The molecule has 0 amide bonds. The molecule has 0 heterocycles. The number of nitrogens with one attached hydrogen (secondary N) is 1. The zero-order chi connectivity index (χ0) is 22.7. The summed E-state index contributed by atoms with van der Waals surface area (Å²) < 4.78 is 35.3. The van der Waals surface area contributed by atoms with Crippen LogP contribution in [0, 0.1) is 0 Å². The largest absolute Gasteiger partial charge is 0.508 e. The fourth-order valence-electron chi connectivity index (χ4n) is 3.25. The van der Waals surface area contributed by atoms with Gasteiger partial charge >= 0.3 is 0 Å². The van der Waals surface area contributed by atoms with E-state index in [1.807, 2.05) is 6.92 Å². The van der Waals surface area contributed by atoms with Gasteiger partial charge in [-0.25, -0.2) is 0 Å². The summed E-state index contributed by atoms with van der Waals surface area (Å²) in [5.74, 6) is 0.368. The molecule has 32 heavy (non-hydrogen) atoms. The van der Waals surface area contributed by atoms with Crippen LogP contribution in [0.15, 0.2) is 93.9 Å². The smallest absolute Gasteiger partial charge is 0.282 e. The molecule has 0 saturated heterocycles. The van der Waals surface area contributed by atoms with Crippen molar-refractivity contribution in [2.75, 3.05) is 11.9 Å². The second-order valence-corrected chi connectivity index (χ2v) is 8.56. The van der Waals surface area contributed by atoms with Crippen molar-refractivity contribution < 1.29 is 23.1 Å². The minimum Gasteiger partial charge on any atom is -0.508 e. The van der Waals surface area contributed by atoms with Crippen LogP contribution in [-0.4, -0.2) is 31.6 Å². The minimum absolute atomic E-state index is 0.0178. The van der Waals surface area contributed by atoms with Gasteiger partial charge in [0.05, 0.1) is 22.9 Å². The van der Waals surface area contributed by atoms with E-state index in [0.29, 0.717) is 29.2 Å². The van der Waals surface area contributed by atoms with Gasteiger partial charge in [-0.05, 0) is 61.5 Å². The first kappa shape index (κ1) is 21.3. The molecule has 7 nitrogen and oxygen atoms in total. The van der Waals surface area contributed by atoms with Gasteiger partial charge in [0.1, 0.15) is 11.5 Å². The average Bonchev–Trinajstić information content (AvgIpc) is 2.79. The molecular weight excluding hydrogens is 428 g/mol. The number of anilines is 1. The number of phenols is 1. The SMILES string of the molecule is CCOc1ccc(S(=O)(=O)/N=C2\C=C(Nc3ccc(O)cc3)C(=O)c3ccccc32)cc1. The molecule has 3 aromatic carbocycles. The Labute approximate surface area is 185 Å². The molecule has 8 heteroatoms. The summed E-state index contributed by atoms with van der Waals surface area (Å²) in [5.41, 5.74) is 1.67. The first-order valence-corrected chi connectivity index (χ1v) is 11.3. The number of ether oxygens (including phenoxy) is 1. The summed E-state index contributed by atoms with van der Waals surface area (Å²) >= 11 is 0. The lowest BCUT2D eigenvalue weighted by Gasteiger charge is -2.18. The molecule has 0 fully saturated rings. The van der Waals surface area contributed by atoms with Crippen molar-refractivity contribution in [3.05, 3.63) is 95.7 Å². The maximum atomic E-state index is 13.0. The summed E-state index contributed by atoms with van der Waals surface area (Å²) in [5, 5.41) is 12.5. The van der Waals surface area contributed by atoms with Gasteiger partial charge in [0.25, 0.3) is 10.0 Å². The lowest BCUT2D eigenvalue weighted by atomic mass is 9.92. The fourth-order valence-corrected chi connectivity index (χ4v) is 4.25. The van der Waals surface area contributed by atoms with Crippen LogP contribution in [0.25, 0.3) is 0 Å². The van der Waals surface area contributed by atoms with Crippen molar-refractivity contribution in [1.82, 2.24) is 0 Å². The maximum absolute atomic E-state index is 13.0. The first-order chi connectivity index (χ1) is 15.4. The molecule has 2 N–H and O–H groups in total. The Morgan fingerprint density at radius 2 is 1.59 bits per heavy atom. The van der Waals surface area contributed by atoms with Gasteiger partial charge in [-0.3, -0.25) is 4.79 Å². The number of allylic oxidation sites excluding steroid dienone is 2. The molecule has 0 unspecified atom stereocenters. The molecular formula is C24H20N2O5S. The normalized spacial score (nSPS) is 14.6. The third-order valence-electron chi connectivity index (χ3n) is 4.77. The van der Waals surface area contributed by atoms with Gasteiger partial charge < -0.3 is 15.2 Å². The zero-order valence-electron chi connectivity index (χ0n) is 17.1. The first-order valence-electron chi connectivity index (χ1n) is 9.87. The second-order valence-electron chi connectivity index (χ2n) is 6.96. The third kappa shape index (κ3) is 4.40. The molecule has 1 aliphatic rings. The van der Waals surface area contributed by atoms with Crippen LogP contribution in [0.3, 0.4) is 0 Å². The number of sulfonamides is 1. The Kier molecular flexibility index (Phi) is 5.79. The molecule has 1 aliphatic carbocycles. The van der Waals surface area contributed by atoms with E-state index in [2.05, 4.69) is 9.71 Å². The van der Waals surface area contributed by atoms with E-state index in [9.17, 15) is 18.3 Å². The fraction of sp³-hybridized carbons (Fsp3) is 0.0833. The van der Waals surface area contributed by atoms with Crippen LogP contribution in [0.1, 0.15) is 22.8 Å². The van der Waals surface area contributed by atoms with Gasteiger partial charge in [0.15, 0.2) is 0 Å². The number of phenolic OH excluding ortho intramolecular Hbond substituents is 1. The van der Waals surface area contributed by atoms with Crippen LogP contribution >= 0.6 is 0 Å². The Hall–Kier alpha value is -3.91. The Bertz CT molecular complexity index is 1330. The highest BCUT2D eigenvalue weighted by Crippen LogP contribution is 2.26. The van der Waals surface area contributed by atoms with Gasteiger partial charge in [-0.2, -0.15) is 12.8 Å². The highest BCUT2D eigenvalue weighted by atomic mass is 32.2. The van der Waals surface area contributed by atoms with Gasteiger partial charge in [0.2, 0.25) is 5.78 Å². The second kappa shape index (κ2) is 8.68. The average molecular weight is 449 g/mol. The lowest BCUT2D eigenvalue weighted by Crippen LogP contribution is -2.22. The van der Waals surface area contributed by atoms with E-state index in [-0.39, 0.29) is 27.8 Å². The van der Waals surface area contributed by atoms with E-state index in [0.717, 1.165) is 0 Å². The van der Waals surface area contributed by atoms with Crippen LogP contribution in [0.4, 0.5) is 5.69 Å². The van der Waals surface area contributed by atoms with Crippen molar-refractivity contribution in [2.24, 2.45) is 4.40 Å². The van der Waals surface area contributed by atoms with E-state index in [1.54, 1.807) is 48.5 Å². The number of nitrogens with zero attached hydrogens (tertiary/aromatic N) is 1. The molecule has 0 aromatic heterocycles. The summed E-state index contributed by atoms with van der Waals surface area (Å²) in [6, 6.07) is 18.9. The number of carbonyl (C=O) groups is 1. The van der Waals surface area contributed by atoms with E-state index in [4.69, 9.17) is 4.74 Å². The number of hydrogen-bond acceptors (Lipinski definition) is 6. The maximum Gasteiger partial charge on any atom is 0.282 e. The molecule has 0 radical (unpaired) electrons. The zero-order valence-corrected chi connectivity index (χ0v) is 18.0. The van der Waals surface area contributed by atoms with Crippen molar-refractivity contribution in [1.29, 1.82) is 0 Å². The van der Waals surface area contributed by atoms with E-state index >= 15 is 0 Å². The number of carbonyl (C=O) groups excluding carboxylic acids is 1. The summed E-state index contributed by atoms with van der Waals surface area (Å²) in [4.78, 5) is 13.0. The minimum atomic E-state index is -4.04. The van der Waals surface area contributed by atoms with Crippen molar-refractivity contribution >= 4 is 27.2 Å². The molecule has 0 bridgehead atoms. The third-order valence-corrected chi connectivity index (χ3v) is 6.08. The lowest BCUT2D eigenvalue weighted by molar-refractivity contribution is 0.103. The standard InChI is InChI=1S/C24H20N2O5S/c1-2-31-18-11-13-19(14-12-18)32(29,30)26-22-15-23(25-16-7-9-17(27)10-8-16)24(28)21-6-4-3-5-20(21)22/h3-15,25,27H,2H2,1H3/b26-22+. The summed E-state index contributed by atoms with van der Waals surface area (Å²) in [6.07, 6.45) is 1.42. The molecule has 3 aromatic rings. The number of aromatic hydroxyl groups is 1. The molecule has 0 aliphatic heterocycles. The van der Waals surface area contributed by atoms with Crippen LogP contribution < -0.4 is 10.1 Å². The summed E-state index contributed by atoms with van der Waals surface area (Å²) in [7, 11) is -4.04. The number of benzene rings is 3. The molecule has 0 saturated carbocycles. The van der Waals surface area contributed by atoms with Gasteiger partial charge in [-0.15, -0.1) is 0 Å². The Morgan fingerprint density at radius 1 is 0.938 bits per heavy atom. The quantitative estimate of drug-likeness (QED) is 0.549. The topological polar surface area (TPSA) is 105 Å². The number of hydrogen-bond donors (Lipinski definition) is 2. The number of fused-ring (bicyclic) bond motifs is 1. The van der Waals surface area contributed by atoms with Gasteiger partial charge in [0, 0.05) is 16.8 Å². The predicted molar refractivity (Wildman–Crippen MR) is 122 cm³/mol. The molecule has 4 rings (SSSR count). The Balaban J connectivity index is 1.75. The monoisotopic (exact) mass is 448 g/mol.